The Labute approximate surface area is 204 Å². The number of ether oxygens (including phenoxy) is 1. The maximum absolute atomic E-state index is 13.5. The van der Waals surface area contributed by atoms with Crippen molar-refractivity contribution in [2.24, 2.45) is 0 Å². The van der Waals surface area contributed by atoms with E-state index < -0.39 is 29.0 Å². The van der Waals surface area contributed by atoms with Crippen molar-refractivity contribution < 1.29 is 35.6 Å². The highest BCUT2D eigenvalue weighted by Crippen LogP contribution is 2.40. The fourth-order valence-corrected chi connectivity index (χ4v) is 3.75. The number of imidazole rings is 1. The van der Waals surface area contributed by atoms with E-state index in [4.69, 9.17) is 9.26 Å². The van der Waals surface area contributed by atoms with Gasteiger partial charge in [-0.1, -0.05) is 23.4 Å². The first kappa shape index (κ1) is 24.3. The minimum absolute atomic E-state index is 0.0260. The van der Waals surface area contributed by atoms with Crippen LogP contribution in [0.15, 0.2) is 65.4 Å². The fourth-order valence-electron chi connectivity index (χ4n) is 3.75. The molecule has 0 radical (unpaired) electrons. The van der Waals surface area contributed by atoms with Crippen molar-refractivity contribution in [3.63, 3.8) is 0 Å². The normalized spacial score (nSPS) is 12.3. The number of methoxy groups -OCH3 is 1. The zero-order valence-electron chi connectivity index (χ0n) is 18.8. The SMILES string of the molecule is COc1ccccc1-c1nc2cnn(Cc3cc(-c4ccc(C(F)(F)F)cc4C(F)(F)F)no3)cc-2n1. The number of hydrogen-bond donors (Lipinski definition) is 0. The molecule has 0 bridgehead atoms. The minimum atomic E-state index is -5.04. The molecule has 1 aromatic heterocycles. The van der Waals surface area contributed by atoms with Crippen LogP contribution in [0.4, 0.5) is 26.3 Å². The number of aromatic nitrogens is 5. The Morgan fingerprint density at radius 1 is 0.865 bits per heavy atom. The van der Waals surface area contributed by atoms with Crippen molar-refractivity contribution >= 4 is 0 Å². The second-order valence-electron chi connectivity index (χ2n) is 7.92. The average molecular weight is 519 g/mol. The van der Waals surface area contributed by atoms with Gasteiger partial charge in [-0.05, 0) is 24.3 Å². The first-order chi connectivity index (χ1) is 17.5. The van der Waals surface area contributed by atoms with Gasteiger partial charge in [0.25, 0.3) is 0 Å². The standard InChI is InChI=1S/C24H15F6N5O2/c1-36-21-5-3-2-4-16(21)22-32-19-10-31-35(12-20(19)33-22)11-14-9-18(34-37-14)15-7-6-13(23(25,26)27)8-17(15)24(28,29)30/h2-10,12H,11H2,1H3. The first-order valence-corrected chi connectivity index (χ1v) is 10.6. The van der Waals surface area contributed by atoms with Gasteiger partial charge >= 0.3 is 12.4 Å². The molecule has 0 atom stereocenters. The monoisotopic (exact) mass is 519 g/mol. The van der Waals surface area contributed by atoms with Crippen LogP contribution in [0.1, 0.15) is 16.9 Å². The molecule has 0 fully saturated rings. The second kappa shape index (κ2) is 8.91. The van der Waals surface area contributed by atoms with Gasteiger partial charge in [-0.2, -0.15) is 31.4 Å². The van der Waals surface area contributed by atoms with Gasteiger partial charge in [0, 0.05) is 11.6 Å². The Hall–Kier alpha value is -4.42. The lowest BCUT2D eigenvalue weighted by Crippen LogP contribution is -2.12. The molecule has 2 aromatic carbocycles. The van der Waals surface area contributed by atoms with Gasteiger partial charge < -0.3 is 9.26 Å². The van der Waals surface area contributed by atoms with E-state index in [9.17, 15) is 26.3 Å². The molecule has 0 amide bonds. The maximum Gasteiger partial charge on any atom is 0.417 e. The highest BCUT2D eigenvalue weighted by Gasteiger charge is 2.39. The molecular weight excluding hydrogens is 504 g/mol. The summed E-state index contributed by atoms with van der Waals surface area (Å²) in [6, 6.07) is 9.78. The number of benzene rings is 2. The zero-order chi connectivity index (χ0) is 26.4. The lowest BCUT2D eigenvalue weighted by atomic mass is 10.0. The second-order valence-corrected chi connectivity index (χ2v) is 7.92. The summed E-state index contributed by atoms with van der Waals surface area (Å²) in [5, 5.41) is 7.85. The number of halogens is 6. The number of nitrogens with zero attached hydrogens (tertiary/aromatic N) is 5. The van der Waals surface area contributed by atoms with E-state index in [2.05, 4.69) is 20.2 Å². The molecule has 3 heterocycles. The zero-order valence-corrected chi connectivity index (χ0v) is 18.8. The van der Waals surface area contributed by atoms with Crippen molar-refractivity contribution in [3.8, 4) is 39.8 Å². The van der Waals surface area contributed by atoms with Gasteiger partial charge in [-0.25, -0.2) is 9.97 Å². The molecule has 37 heavy (non-hydrogen) atoms. The van der Waals surface area contributed by atoms with E-state index in [0.29, 0.717) is 34.6 Å². The van der Waals surface area contributed by atoms with E-state index in [1.54, 1.807) is 18.3 Å². The summed E-state index contributed by atoms with van der Waals surface area (Å²) in [7, 11) is 1.53. The van der Waals surface area contributed by atoms with Gasteiger partial charge in [0.1, 0.15) is 29.4 Å². The first-order valence-electron chi connectivity index (χ1n) is 10.6. The summed E-state index contributed by atoms with van der Waals surface area (Å²) in [4.78, 5) is 8.95. The molecule has 0 aliphatic carbocycles. The van der Waals surface area contributed by atoms with Gasteiger partial charge in [-0.15, -0.1) is 0 Å². The number of para-hydroxylation sites is 1. The fraction of sp³-hybridized carbons (Fsp3) is 0.167. The van der Waals surface area contributed by atoms with E-state index in [0.717, 1.165) is 6.07 Å². The summed E-state index contributed by atoms with van der Waals surface area (Å²) in [6.45, 7) is -0.0260. The molecule has 0 N–H and O–H groups in total. The highest BCUT2D eigenvalue weighted by atomic mass is 19.4. The number of rotatable bonds is 5. The van der Waals surface area contributed by atoms with Crippen LogP contribution < -0.4 is 4.74 Å². The molecule has 190 valence electrons. The van der Waals surface area contributed by atoms with Crippen LogP contribution in [0.25, 0.3) is 34.0 Å². The minimum Gasteiger partial charge on any atom is -0.496 e. The molecule has 2 aliphatic rings. The van der Waals surface area contributed by atoms with Gasteiger partial charge in [-0.3, -0.25) is 4.68 Å². The van der Waals surface area contributed by atoms with E-state index in [1.165, 1.54) is 24.1 Å². The molecule has 2 aliphatic heterocycles. The van der Waals surface area contributed by atoms with Gasteiger partial charge in [0.05, 0.1) is 36.2 Å². The molecule has 7 nitrogen and oxygen atoms in total. The van der Waals surface area contributed by atoms with Crippen LogP contribution >= 0.6 is 0 Å². The molecule has 0 saturated heterocycles. The van der Waals surface area contributed by atoms with E-state index >= 15 is 0 Å². The topological polar surface area (TPSA) is 78.9 Å². The third kappa shape index (κ3) is 4.84. The Morgan fingerprint density at radius 3 is 2.35 bits per heavy atom. The van der Waals surface area contributed by atoms with Crippen molar-refractivity contribution in [1.82, 2.24) is 24.9 Å². The Balaban J connectivity index is 1.43. The molecule has 3 aromatic rings. The van der Waals surface area contributed by atoms with Crippen LogP contribution in [-0.4, -0.2) is 32.0 Å². The number of fused-ring (bicyclic) bond motifs is 1. The molecule has 13 heteroatoms. The predicted octanol–water partition coefficient (Wildman–Crippen LogP) is 6.19. The van der Waals surface area contributed by atoms with Crippen LogP contribution in [-0.2, 0) is 18.9 Å². The summed E-state index contributed by atoms with van der Waals surface area (Å²) in [6.07, 6.45) is -6.92. The van der Waals surface area contributed by atoms with E-state index in [-0.39, 0.29) is 24.1 Å². The Bertz CT molecular complexity index is 1540. The third-order valence-electron chi connectivity index (χ3n) is 5.47. The highest BCUT2D eigenvalue weighted by molar-refractivity contribution is 5.70. The predicted molar refractivity (Wildman–Crippen MR) is 117 cm³/mol. The van der Waals surface area contributed by atoms with Crippen LogP contribution in [0.3, 0.4) is 0 Å². The lowest BCUT2D eigenvalue weighted by Gasteiger charge is -2.14. The summed E-state index contributed by atoms with van der Waals surface area (Å²) in [5.41, 5.74) is -1.98. The maximum atomic E-state index is 13.5. The van der Waals surface area contributed by atoms with Crippen molar-refractivity contribution in [2.75, 3.05) is 7.11 Å². The van der Waals surface area contributed by atoms with Crippen LogP contribution in [0, 0.1) is 0 Å². The summed E-state index contributed by atoms with van der Waals surface area (Å²) in [5.74, 6) is 1.15. The molecule has 0 spiro atoms. The van der Waals surface area contributed by atoms with Crippen molar-refractivity contribution in [1.29, 1.82) is 0 Å². The molecular formula is C24H15F6N5O2. The molecule has 5 rings (SSSR count). The quantitative estimate of drug-likeness (QED) is 0.258. The Morgan fingerprint density at radius 2 is 1.62 bits per heavy atom. The van der Waals surface area contributed by atoms with Gasteiger partial charge in [0.2, 0.25) is 0 Å². The third-order valence-corrected chi connectivity index (χ3v) is 5.47. The van der Waals surface area contributed by atoms with E-state index in [1.807, 2.05) is 12.1 Å². The van der Waals surface area contributed by atoms with Crippen LogP contribution in [0.2, 0.25) is 0 Å². The largest absolute Gasteiger partial charge is 0.496 e. The average Bonchev–Trinajstić information content (AvgIpc) is 3.49. The molecule has 0 unspecified atom stereocenters. The smallest absolute Gasteiger partial charge is 0.417 e. The van der Waals surface area contributed by atoms with Gasteiger partial charge in [0.15, 0.2) is 11.6 Å². The van der Waals surface area contributed by atoms with Crippen LogP contribution in [0.5, 0.6) is 5.75 Å². The lowest BCUT2D eigenvalue weighted by molar-refractivity contribution is -0.142. The molecule has 0 saturated carbocycles. The summed E-state index contributed by atoms with van der Waals surface area (Å²) >= 11 is 0. The summed E-state index contributed by atoms with van der Waals surface area (Å²) < 4.78 is 91.3. The van der Waals surface area contributed by atoms with Crippen molar-refractivity contribution in [2.45, 2.75) is 18.9 Å². The number of alkyl halides is 6. The Kier molecular flexibility index (Phi) is 5.85. The number of hydrogen-bond acceptors (Lipinski definition) is 6. The van der Waals surface area contributed by atoms with Crippen molar-refractivity contribution in [3.05, 3.63) is 77.8 Å².